The highest BCUT2D eigenvalue weighted by atomic mass is 35.5. The number of aromatic nitrogens is 2. The molecule has 0 atom stereocenters. The molecule has 0 bridgehead atoms. The molecule has 2 aromatic carbocycles. The van der Waals surface area contributed by atoms with Crippen molar-refractivity contribution in [3.63, 3.8) is 0 Å². The Labute approximate surface area is 189 Å². The number of nitrogens with zero attached hydrogens (tertiary/aromatic N) is 2. The first-order chi connectivity index (χ1) is 15.5. The zero-order valence-corrected chi connectivity index (χ0v) is 18.2. The third-order valence-electron chi connectivity index (χ3n) is 5.71. The van der Waals surface area contributed by atoms with Crippen molar-refractivity contribution in [1.82, 2.24) is 14.9 Å². The maximum Gasteiger partial charge on any atom is 0.338 e. The Kier molecular flexibility index (Phi) is 5.19. The highest BCUT2D eigenvalue weighted by molar-refractivity contribution is 6.31. The molecule has 2 amide bonds. The van der Waals surface area contributed by atoms with Gasteiger partial charge in [0.05, 0.1) is 23.2 Å². The van der Waals surface area contributed by atoms with Gasteiger partial charge in [-0.15, -0.1) is 0 Å². The number of pyridine rings is 1. The Bertz CT molecular complexity index is 1350. The number of carbonyl (C=O) groups is 2. The van der Waals surface area contributed by atoms with E-state index in [2.05, 4.69) is 15.3 Å². The van der Waals surface area contributed by atoms with Crippen molar-refractivity contribution >= 4 is 51.1 Å². The van der Waals surface area contributed by atoms with Gasteiger partial charge in [0.2, 0.25) is 0 Å². The van der Waals surface area contributed by atoms with Gasteiger partial charge in [0.25, 0.3) is 0 Å². The number of H-pyrrole nitrogens is 1. The highest BCUT2D eigenvalue weighted by Gasteiger charge is 2.25. The van der Waals surface area contributed by atoms with Gasteiger partial charge in [-0.2, -0.15) is 0 Å². The summed E-state index contributed by atoms with van der Waals surface area (Å²) in [4.78, 5) is 34.5. The first-order valence-electron chi connectivity index (χ1n) is 10.4. The summed E-state index contributed by atoms with van der Waals surface area (Å²) in [6, 6.07) is 12.2. The molecule has 32 heavy (non-hydrogen) atoms. The van der Waals surface area contributed by atoms with Crippen LogP contribution in [0.3, 0.4) is 0 Å². The molecule has 0 unspecified atom stereocenters. The van der Waals surface area contributed by atoms with Crippen molar-refractivity contribution < 1.29 is 14.3 Å². The zero-order valence-electron chi connectivity index (χ0n) is 17.4. The molecule has 8 heteroatoms. The van der Waals surface area contributed by atoms with Crippen LogP contribution in [0.2, 0.25) is 5.02 Å². The average Bonchev–Trinajstić information content (AvgIpc) is 3.17. The number of benzene rings is 2. The van der Waals surface area contributed by atoms with E-state index in [9.17, 15) is 9.59 Å². The normalized spacial score (nSPS) is 13.2. The molecular weight excluding hydrogens is 428 g/mol. The predicted molar refractivity (Wildman–Crippen MR) is 124 cm³/mol. The second-order valence-corrected chi connectivity index (χ2v) is 8.13. The number of urea groups is 1. The fourth-order valence-corrected chi connectivity index (χ4v) is 4.28. The van der Waals surface area contributed by atoms with Gasteiger partial charge in [-0.1, -0.05) is 11.6 Å². The number of halogens is 1. The van der Waals surface area contributed by atoms with Crippen molar-refractivity contribution in [3.05, 3.63) is 70.5 Å². The molecule has 2 N–H and O–H groups in total. The minimum Gasteiger partial charge on any atom is -0.462 e. The van der Waals surface area contributed by atoms with Crippen LogP contribution in [0.4, 0.5) is 10.5 Å². The molecule has 1 aliphatic rings. The summed E-state index contributed by atoms with van der Waals surface area (Å²) in [5.74, 6) is -0.378. The summed E-state index contributed by atoms with van der Waals surface area (Å²) in [5, 5.41) is 5.60. The summed E-state index contributed by atoms with van der Waals surface area (Å²) in [6.07, 6.45) is 2.58. The molecule has 3 heterocycles. The van der Waals surface area contributed by atoms with E-state index in [1.54, 1.807) is 36.1 Å². The van der Waals surface area contributed by atoms with Gasteiger partial charge in [-0.3, -0.25) is 4.98 Å². The van der Waals surface area contributed by atoms with Crippen molar-refractivity contribution in [2.24, 2.45) is 0 Å². The van der Waals surface area contributed by atoms with Crippen molar-refractivity contribution in [2.75, 3.05) is 18.5 Å². The molecule has 1 aliphatic heterocycles. The summed E-state index contributed by atoms with van der Waals surface area (Å²) in [7, 11) is 0. The zero-order chi connectivity index (χ0) is 22.2. The molecule has 0 saturated heterocycles. The predicted octanol–water partition coefficient (Wildman–Crippen LogP) is 5.14. The minimum atomic E-state index is -0.378. The summed E-state index contributed by atoms with van der Waals surface area (Å²) in [6.45, 7) is 3.17. The molecule has 0 spiro atoms. The number of fused-ring (bicyclic) bond motifs is 5. The Balaban J connectivity index is 1.35. The molecule has 4 aromatic rings. The number of amides is 2. The van der Waals surface area contributed by atoms with E-state index in [-0.39, 0.29) is 12.0 Å². The van der Waals surface area contributed by atoms with Crippen molar-refractivity contribution in [2.45, 2.75) is 19.9 Å². The smallest absolute Gasteiger partial charge is 0.338 e. The van der Waals surface area contributed by atoms with Crippen LogP contribution < -0.4 is 5.32 Å². The second-order valence-electron chi connectivity index (χ2n) is 7.69. The van der Waals surface area contributed by atoms with Gasteiger partial charge < -0.3 is 19.9 Å². The van der Waals surface area contributed by atoms with Crippen molar-refractivity contribution in [1.29, 1.82) is 0 Å². The third kappa shape index (κ3) is 3.65. The monoisotopic (exact) mass is 448 g/mol. The van der Waals surface area contributed by atoms with Crippen LogP contribution in [0, 0.1) is 0 Å². The van der Waals surface area contributed by atoms with E-state index in [4.69, 9.17) is 16.3 Å². The largest absolute Gasteiger partial charge is 0.462 e. The number of carbonyl (C=O) groups excluding carboxylic acids is 2. The van der Waals surface area contributed by atoms with E-state index in [0.29, 0.717) is 36.0 Å². The van der Waals surface area contributed by atoms with Gasteiger partial charge >= 0.3 is 12.0 Å². The van der Waals surface area contributed by atoms with E-state index in [1.807, 2.05) is 24.4 Å². The van der Waals surface area contributed by atoms with Gasteiger partial charge in [-0.05, 0) is 49.4 Å². The van der Waals surface area contributed by atoms with Crippen LogP contribution in [0.25, 0.3) is 21.8 Å². The molecule has 0 aliphatic carbocycles. The molecule has 0 fully saturated rings. The lowest BCUT2D eigenvalue weighted by Crippen LogP contribution is -2.38. The van der Waals surface area contributed by atoms with Crippen LogP contribution >= 0.6 is 11.6 Å². The molecule has 2 aromatic heterocycles. The second kappa shape index (κ2) is 8.16. The SMILES string of the molecule is CCOC(=O)c1ccc(NC(=O)N2CCc3[nH]c4c(cnc5cc(Cl)ccc54)c3C2)cc1. The average molecular weight is 449 g/mol. The number of rotatable bonds is 3. The Morgan fingerprint density at radius 3 is 2.78 bits per heavy atom. The van der Waals surface area contributed by atoms with Gasteiger partial charge in [0, 0.05) is 58.4 Å². The maximum atomic E-state index is 12.9. The maximum absolute atomic E-state index is 12.9. The minimum absolute atomic E-state index is 0.186. The standard InChI is InChI=1S/C24H21ClN4O3/c1-2-32-23(30)14-3-6-16(7-4-14)27-24(31)29-10-9-20-19(13-29)18-12-26-21-11-15(25)5-8-17(21)22(18)28-20/h3-8,11-12,28H,2,9-10,13H2,1H3,(H,27,31). The highest BCUT2D eigenvalue weighted by Crippen LogP contribution is 2.32. The summed E-state index contributed by atoms with van der Waals surface area (Å²) < 4.78 is 4.99. The van der Waals surface area contributed by atoms with Crippen LogP contribution in [0.5, 0.6) is 0 Å². The number of esters is 1. The lowest BCUT2D eigenvalue weighted by atomic mass is 10.0. The first-order valence-corrected chi connectivity index (χ1v) is 10.8. The fourth-order valence-electron chi connectivity index (χ4n) is 4.11. The van der Waals surface area contributed by atoms with E-state index >= 15 is 0 Å². The number of hydrogen-bond acceptors (Lipinski definition) is 4. The summed E-state index contributed by atoms with van der Waals surface area (Å²) >= 11 is 6.11. The van der Waals surface area contributed by atoms with Gasteiger partial charge in [0.15, 0.2) is 0 Å². The van der Waals surface area contributed by atoms with Gasteiger partial charge in [0.1, 0.15) is 0 Å². The fraction of sp³-hybridized carbons (Fsp3) is 0.208. The Morgan fingerprint density at radius 1 is 1.19 bits per heavy atom. The number of ether oxygens (including phenoxy) is 1. The molecule has 0 saturated carbocycles. The van der Waals surface area contributed by atoms with Crippen molar-refractivity contribution in [3.8, 4) is 0 Å². The van der Waals surface area contributed by atoms with E-state index in [1.165, 1.54) is 0 Å². The Morgan fingerprint density at radius 2 is 2.00 bits per heavy atom. The quantitative estimate of drug-likeness (QED) is 0.425. The van der Waals surface area contributed by atoms with Crippen LogP contribution in [0.15, 0.2) is 48.7 Å². The lowest BCUT2D eigenvalue weighted by molar-refractivity contribution is 0.0526. The first kappa shape index (κ1) is 20.3. The lowest BCUT2D eigenvalue weighted by Gasteiger charge is -2.27. The molecular formula is C24H21ClN4O3. The van der Waals surface area contributed by atoms with E-state index in [0.717, 1.165) is 39.5 Å². The molecule has 5 rings (SSSR count). The number of aromatic amines is 1. The topological polar surface area (TPSA) is 87.3 Å². The van der Waals surface area contributed by atoms with Crippen LogP contribution in [0.1, 0.15) is 28.5 Å². The number of anilines is 1. The number of hydrogen-bond donors (Lipinski definition) is 2. The Hall–Kier alpha value is -3.58. The van der Waals surface area contributed by atoms with Gasteiger partial charge in [-0.25, -0.2) is 9.59 Å². The molecule has 7 nitrogen and oxygen atoms in total. The third-order valence-corrected chi connectivity index (χ3v) is 5.95. The van der Waals surface area contributed by atoms with Crippen LogP contribution in [-0.4, -0.2) is 40.0 Å². The summed E-state index contributed by atoms with van der Waals surface area (Å²) in [5.41, 5.74) is 5.15. The molecule has 0 radical (unpaired) electrons. The number of nitrogens with one attached hydrogen (secondary N) is 2. The van der Waals surface area contributed by atoms with E-state index < -0.39 is 0 Å². The van der Waals surface area contributed by atoms with Crippen LogP contribution in [-0.2, 0) is 17.7 Å². The molecule has 162 valence electrons.